The van der Waals surface area contributed by atoms with E-state index in [9.17, 15) is 18.3 Å². The molecule has 3 rings (SSSR count). The van der Waals surface area contributed by atoms with Gasteiger partial charge in [0.25, 0.3) is 0 Å². The molecule has 2 N–H and O–H groups in total. The van der Waals surface area contributed by atoms with Gasteiger partial charge < -0.3 is 10.4 Å². The number of aryl methyl sites for hydroxylation is 1. The van der Waals surface area contributed by atoms with Crippen molar-refractivity contribution in [1.29, 1.82) is 0 Å². The molecule has 6 nitrogen and oxygen atoms in total. The molecule has 1 heterocycles. The van der Waals surface area contributed by atoms with E-state index in [0.717, 1.165) is 12.8 Å². The van der Waals surface area contributed by atoms with Gasteiger partial charge >= 0.3 is 0 Å². The molecule has 2 aromatic carbocycles. The smallest absolute Gasteiger partial charge is 0.243 e. The fourth-order valence-electron chi connectivity index (χ4n) is 3.01. The SMILES string of the molecule is O=C(CCc1ccccc1O)Nc1cccc(S(=O)(=O)N2CCCC2)c1. The summed E-state index contributed by atoms with van der Waals surface area (Å²) < 4.78 is 26.7. The largest absolute Gasteiger partial charge is 0.508 e. The highest BCUT2D eigenvalue weighted by Gasteiger charge is 2.27. The summed E-state index contributed by atoms with van der Waals surface area (Å²) in [7, 11) is -3.51. The molecule has 1 aliphatic heterocycles. The molecule has 0 aromatic heterocycles. The van der Waals surface area contributed by atoms with Crippen LogP contribution in [0, 0.1) is 0 Å². The Balaban J connectivity index is 1.65. The summed E-state index contributed by atoms with van der Waals surface area (Å²) in [4.78, 5) is 12.4. The van der Waals surface area contributed by atoms with Crippen LogP contribution < -0.4 is 5.32 Å². The van der Waals surface area contributed by atoms with Crippen molar-refractivity contribution in [2.24, 2.45) is 0 Å². The number of hydrogen-bond donors (Lipinski definition) is 2. The molecule has 1 aliphatic rings. The minimum Gasteiger partial charge on any atom is -0.508 e. The highest BCUT2D eigenvalue weighted by molar-refractivity contribution is 7.89. The minimum atomic E-state index is -3.51. The Morgan fingerprint density at radius 3 is 2.54 bits per heavy atom. The number of aromatic hydroxyl groups is 1. The van der Waals surface area contributed by atoms with Crippen molar-refractivity contribution in [3.8, 4) is 5.75 Å². The first-order valence-electron chi connectivity index (χ1n) is 8.64. The van der Waals surface area contributed by atoms with Crippen LogP contribution in [0.2, 0.25) is 0 Å². The Kier molecular flexibility index (Phi) is 5.58. The Morgan fingerprint density at radius 1 is 1.08 bits per heavy atom. The molecule has 1 fully saturated rings. The molecule has 138 valence electrons. The highest BCUT2D eigenvalue weighted by Crippen LogP contribution is 2.23. The minimum absolute atomic E-state index is 0.166. The Labute approximate surface area is 153 Å². The lowest BCUT2D eigenvalue weighted by atomic mass is 10.1. The van der Waals surface area contributed by atoms with Gasteiger partial charge in [0.2, 0.25) is 15.9 Å². The fourth-order valence-corrected chi connectivity index (χ4v) is 4.57. The van der Waals surface area contributed by atoms with Crippen LogP contribution in [-0.2, 0) is 21.2 Å². The zero-order chi connectivity index (χ0) is 18.6. The van der Waals surface area contributed by atoms with E-state index in [1.54, 1.807) is 42.5 Å². The van der Waals surface area contributed by atoms with Gasteiger partial charge in [-0.3, -0.25) is 4.79 Å². The van der Waals surface area contributed by atoms with E-state index in [4.69, 9.17) is 0 Å². The first-order valence-corrected chi connectivity index (χ1v) is 10.1. The van der Waals surface area contributed by atoms with Crippen LogP contribution in [-0.4, -0.2) is 36.8 Å². The number of phenols is 1. The first kappa shape index (κ1) is 18.4. The number of benzene rings is 2. The number of nitrogens with zero attached hydrogens (tertiary/aromatic N) is 1. The molecule has 0 unspecified atom stereocenters. The summed E-state index contributed by atoms with van der Waals surface area (Å²) >= 11 is 0. The monoisotopic (exact) mass is 374 g/mol. The van der Waals surface area contributed by atoms with Gasteiger partial charge in [-0.15, -0.1) is 0 Å². The molecule has 0 radical (unpaired) electrons. The van der Waals surface area contributed by atoms with E-state index in [1.165, 1.54) is 10.4 Å². The summed E-state index contributed by atoms with van der Waals surface area (Å²) in [5.41, 5.74) is 1.15. The Hall–Kier alpha value is -2.38. The molecular formula is C19H22N2O4S. The maximum absolute atomic E-state index is 12.6. The number of hydrogen-bond acceptors (Lipinski definition) is 4. The van der Waals surface area contributed by atoms with E-state index in [2.05, 4.69) is 5.32 Å². The summed E-state index contributed by atoms with van der Waals surface area (Å²) in [6.45, 7) is 1.08. The zero-order valence-corrected chi connectivity index (χ0v) is 15.2. The second-order valence-corrected chi connectivity index (χ2v) is 8.25. The summed E-state index contributed by atoms with van der Waals surface area (Å²) in [6, 6.07) is 13.2. The summed E-state index contributed by atoms with van der Waals surface area (Å²) in [6.07, 6.45) is 2.36. The van der Waals surface area contributed by atoms with E-state index in [-0.39, 0.29) is 23.0 Å². The average Bonchev–Trinajstić information content (AvgIpc) is 3.17. The second-order valence-electron chi connectivity index (χ2n) is 6.32. The Morgan fingerprint density at radius 2 is 1.81 bits per heavy atom. The highest BCUT2D eigenvalue weighted by atomic mass is 32.2. The van der Waals surface area contributed by atoms with Crippen LogP contribution in [0.1, 0.15) is 24.8 Å². The van der Waals surface area contributed by atoms with Gasteiger partial charge in [-0.25, -0.2) is 8.42 Å². The van der Waals surface area contributed by atoms with Crippen molar-refractivity contribution in [2.75, 3.05) is 18.4 Å². The number of carbonyl (C=O) groups excluding carboxylic acids is 1. The molecule has 1 saturated heterocycles. The molecule has 0 bridgehead atoms. The molecule has 0 spiro atoms. The van der Waals surface area contributed by atoms with Crippen LogP contribution in [0.15, 0.2) is 53.4 Å². The number of phenolic OH excluding ortho intramolecular Hbond substituents is 1. The van der Waals surface area contributed by atoms with Crippen LogP contribution in [0.3, 0.4) is 0 Å². The fraction of sp³-hybridized carbons (Fsp3) is 0.316. The lowest BCUT2D eigenvalue weighted by molar-refractivity contribution is -0.116. The maximum atomic E-state index is 12.6. The summed E-state index contributed by atoms with van der Waals surface area (Å²) in [5.74, 6) is -0.0667. The predicted molar refractivity (Wildman–Crippen MR) is 99.5 cm³/mol. The standard InChI is InChI=1S/C19H22N2O4S/c22-18-9-2-1-6-15(18)10-11-19(23)20-16-7-5-8-17(14-16)26(24,25)21-12-3-4-13-21/h1-2,5-9,14,22H,3-4,10-13H2,(H,20,23). The molecule has 0 aliphatic carbocycles. The maximum Gasteiger partial charge on any atom is 0.243 e. The third-order valence-corrected chi connectivity index (χ3v) is 6.33. The van der Waals surface area contributed by atoms with Crippen molar-refractivity contribution in [2.45, 2.75) is 30.6 Å². The number of nitrogens with one attached hydrogen (secondary N) is 1. The number of anilines is 1. The van der Waals surface area contributed by atoms with Gasteiger partial charge in [-0.2, -0.15) is 4.31 Å². The van der Waals surface area contributed by atoms with Crippen molar-refractivity contribution >= 4 is 21.6 Å². The van der Waals surface area contributed by atoms with Crippen LogP contribution >= 0.6 is 0 Å². The Bertz CT molecular complexity index is 890. The predicted octanol–water partition coefficient (Wildman–Crippen LogP) is 2.75. The van der Waals surface area contributed by atoms with Crippen LogP contribution in [0.4, 0.5) is 5.69 Å². The molecule has 0 atom stereocenters. The van der Waals surface area contributed by atoms with Gasteiger partial charge in [-0.1, -0.05) is 24.3 Å². The average molecular weight is 374 g/mol. The van der Waals surface area contributed by atoms with Crippen LogP contribution in [0.25, 0.3) is 0 Å². The van der Waals surface area contributed by atoms with Gasteiger partial charge in [0.05, 0.1) is 4.90 Å². The van der Waals surface area contributed by atoms with Gasteiger partial charge in [0.15, 0.2) is 0 Å². The number of sulfonamides is 1. The van der Waals surface area contributed by atoms with E-state index in [0.29, 0.717) is 30.8 Å². The normalized spacial score (nSPS) is 15.1. The lowest BCUT2D eigenvalue weighted by Crippen LogP contribution is -2.27. The molecular weight excluding hydrogens is 352 g/mol. The molecule has 7 heteroatoms. The van der Waals surface area contributed by atoms with Crippen molar-refractivity contribution in [3.63, 3.8) is 0 Å². The quantitative estimate of drug-likeness (QED) is 0.814. The summed E-state index contributed by atoms with van der Waals surface area (Å²) in [5, 5.41) is 12.5. The van der Waals surface area contributed by atoms with Crippen molar-refractivity contribution in [3.05, 3.63) is 54.1 Å². The van der Waals surface area contributed by atoms with Crippen LogP contribution in [0.5, 0.6) is 5.75 Å². The lowest BCUT2D eigenvalue weighted by Gasteiger charge is -2.16. The van der Waals surface area contributed by atoms with E-state index in [1.807, 2.05) is 0 Å². The number of carbonyl (C=O) groups is 1. The van der Waals surface area contributed by atoms with Gasteiger partial charge in [0, 0.05) is 25.2 Å². The first-order chi connectivity index (χ1) is 12.5. The van der Waals surface area contributed by atoms with E-state index >= 15 is 0 Å². The van der Waals surface area contributed by atoms with Crippen molar-refractivity contribution < 1.29 is 18.3 Å². The molecule has 0 saturated carbocycles. The van der Waals surface area contributed by atoms with Gasteiger partial charge in [-0.05, 0) is 49.1 Å². The van der Waals surface area contributed by atoms with Gasteiger partial charge in [0.1, 0.15) is 5.75 Å². The number of rotatable bonds is 6. The third-order valence-electron chi connectivity index (χ3n) is 4.43. The third kappa shape index (κ3) is 4.23. The number of para-hydroxylation sites is 1. The topological polar surface area (TPSA) is 86.7 Å². The second kappa shape index (κ2) is 7.88. The van der Waals surface area contributed by atoms with Crippen molar-refractivity contribution in [1.82, 2.24) is 4.31 Å². The number of amides is 1. The van der Waals surface area contributed by atoms with E-state index < -0.39 is 10.0 Å². The molecule has 2 aromatic rings. The molecule has 1 amide bonds. The zero-order valence-electron chi connectivity index (χ0n) is 14.4. The molecule has 26 heavy (non-hydrogen) atoms.